The van der Waals surface area contributed by atoms with E-state index in [9.17, 15) is 15.0 Å². The molecule has 6 nitrogen and oxygen atoms in total. The zero-order chi connectivity index (χ0) is 15.9. The molecule has 0 saturated carbocycles. The Morgan fingerprint density at radius 3 is 2.55 bits per heavy atom. The van der Waals surface area contributed by atoms with E-state index in [1.54, 1.807) is 6.07 Å². The van der Waals surface area contributed by atoms with Crippen molar-refractivity contribution >= 4 is 17.8 Å². The maximum atomic E-state index is 11.6. The van der Waals surface area contributed by atoms with Crippen molar-refractivity contribution in [2.24, 2.45) is 5.10 Å². The van der Waals surface area contributed by atoms with Crippen LogP contribution in [0.5, 0.6) is 11.5 Å². The van der Waals surface area contributed by atoms with Crippen LogP contribution in [0.3, 0.4) is 0 Å². The van der Waals surface area contributed by atoms with Gasteiger partial charge in [0.1, 0.15) is 0 Å². The number of aryl methyl sites for hydroxylation is 1. The molecule has 114 valence electrons. The second-order valence-electron chi connectivity index (χ2n) is 4.76. The molecule has 0 aliphatic heterocycles. The number of phenols is 2. The first-order valence-corrected chi connectivity index (χ1v) is 6.69. The molecule has 0 aromatic heterocycles. The van der Waals surface area contributed by atoms with Gasteiger partial charge in [0.25, 0.3) is 5.91 Å². The average molecular weight is 299 g/mol. The van der Waals surface area contributed by atoms with Crippen molar-refractivity contribution in [2.75, 3.05) is 11.9 Å². The Balaban J connectivity index is 1.80. The van der Waals surface area contributed by atoms with Gasteiger partial charge in [-0.1, -0.05) is 17.7 Å². The second kappa shape index (κ2) is 7.12. The van der Waals surface area contributed by atoms with Crippen LogP contribution in [0.25, 0.3) is 0 Å². The molecule has 2 rings (SSSR count). The van der Waals surface area contributed by atoms with E-state index in [4.69, 9.17) is 0 Å². The fourth-order valence-electron chi connectivity index (χ4n) is 1.69. The van der Waals surface area contributed by atoms with E-state index >= 15 is 0 Å². The molecule has 2 aromatic carbocycles. The van der Waals surface area contributed by atoms with Crippen LogP contribution in [0.4, 0.5) is 5.69 Å². The van der Waals surface area contributed by atoms with E-state index in [0.29, 0.717) is 5.56 Å². The van der Waals surface area contributed by atoms with Crippen molar-refractivity contribution in [3.8, 4) is 11.5 Å². The lowest BCUT2D eigenvalue weighted by atomic mass is 10.2. The molecule has 0 unspecified atom stereocenters. The molecule has 1 amide bonds. The number of carbonyl (C=O) groups excluding carboxylic acids is 1. The summed E-state index contributed by atoms with van der Waals surface area (Å²) in [5.74, 6) is -0.736. The van der Waals surface area contributed by atoms with Crippen LogP contribution in [0.1, 0.15) is 11.1 Å². The molecule has 22 heavy (non-hydrogen) atoms. The Morgan fingerprint density at radius 1 is 1.14 bits per heavy atom. The molecule has 0 spiro atoms. The predicted octanol–water partition coefficient (Wildman–Crippen LogP) is 1.97. The van der Waals surface area contributed by atoms with E-state index < -0.39 is 0 Å². The summed E-state index contributed by atoms with van der Waals surface area (Å²) in [6.07, 6.45) is 1.38. The summed E-state index contributed by atoms with van der Waals surface area (Å²) in [6.45, 7) is 2.09. The van der Waals surface area contributed by atoms with Crippen LogP contribution in [-0.4, -0.2) is 28.9 Å². The van der Waals surface area contributed by atoms with Gasteiger partial charge in [-0.25, -0.2) is 5.43 Å². The van der Waals surface area contributed by atoms with E-state index in [-0.39, 0.29) is 24.0 Å². The van der Waals surface area contributed by atoms with Gasteiger partial charge in [0.05, 0.1) is 12.8 Å². The summed E-state index contributed by atoms with van der Waals surface area (Å²) >= 11 is 0. The zero-order valence-electron chi connectivity index (χ0n) is 12.1. The summed E-state index contributed by atoms with van der Waals surface area (Å²) in [4.78, 5) is 11.6. The number of rotatable bonds is 5. The highest BCUT2D eigenvalue weighted by molar-refractivity contribution is 5.84. The van der Waals surface area contributed by atoms with Crippen molar-refractivity contribution in [2.45, 2.75) is 6.92 Å². The van der Waals surface area contributed by atoms with Gasteiger partial charge in [-0.15, -0.1) is 0 Å². The first-order valence-electron chi connectivity index (χ1n) is 6.69. The van der Waals surface area contributed by atoms with Crippen LogP contribution in [0, 0.1) is 6.92 Å². The smallest absolute Gasteiger partial charge is 0.259 e. The summed E-state index contributed by atoms with van der Waals surface area (Å²) < 4.78 is 0. The number of aromatic hydroxyl groups is 2. The maximum absolute atomic E-state index is 11.6. The number of amides is 1. The maximum Gasteiger partial charge on any atom is 0.259 e. The van der Waals surface area contributed by atoms with Gasteiger partial charge in [-0.3, -0.25) is 4.79 Å². The number of phenolic OH excluding ortho intramolecular Hbond substituents is 2. The van der Waals surface area contributed by atoms with Gasteiger partial charge >= 0.3 is 0 Å². The summed E-state index contributed by atoms with van der Waals surface area (Å²) in [7, 11) is 0. The monoisotopic (exact) mass is 299 g/mol. The molecule has 4 N–H and O–H groups in total. The number of hydrazone groups is 1. The molecule has 6 heteroatoms. The second-order valence-corrected chi connectivity index (χ2v) is 4.76. The molecule has 0 fully saturated rings. The average Bonchev–Trinajstić information content (AvgIpc) is 2.50. The Bertz CT molecular complexity index is 682. The fraction of sp³-hybridized carbons (Fsp3) is 0.125. The largest absolute Gasteiger partial charge is 0.504 e. The number of nitrogens with zero attached hydrogens (tertiary/aromatic N) is 1. The van der Waals surface area contributed by atoms with E-state index in [2.05, 4.69) is 15.8 Å². The number of hydrogen-bond donors (Lipinski definition) is 4. The quantitative estimate of drug-likeness (QED) is 0.386. The molecule has 2 aromatic rings. The fourth-order valence-corrected chi connectivity index (χ4v) is 1.69. The van der Waals surface area contributed by atoms with Crippen molar-refractivity contribution in [1.29, 1.82) is 0 Å². The SMILES string of the molecule is Cc1ccc(NCC(=O)N/N=C\c2ccc(O)c(O)c2)cc1. The van der Waals surface area contributed by atoms with E-state index in [0.717, 1.165) is 11.3 Å². The minimum atomic E-state index is -0.292. The normalized spacial score (nSPS) is 10.6. The number of carbonyl (C=O) groups is 1. The van der Waals surface area contributed by atoms with Gasteiger partial charge in [0, 0.05) is 5.69 Å². The molecule has 0 heterocycles. The first kappa shape index (κ1) is 15.4. The highest BCUT2D eigenvalue weighted by atomic mass is 16.3. The molecular weight excluding hydrogens is 282 g/mol. The van der Waals surface area contributed by atoms with Crippen molar-refractivity contribution in [3.63, 3.8) is 0 Å². The number of benzene rings is 2. The standard InChI is InChI=1S/C16H17N3O3/c1-11-2-5-13(6-3-11)17-10-16(22)19-18-9-12-4-7-14(20)15(21)8-12/h2-9,17,20-21H,10H2,1H3,(H,19,22)/b18-9-. The Hall–Kier alpha value is -3.02. The van der Waals surface area contributed by atoms with Crippen LogP contribution in [0.2, 0.25) is 0 Å². The molecule has 0 saturated heterocycles. The first-order chi connectivity index (χ1) is 10.5. The molecule has 0 atom stereocenters. The molecule has 0 bridgehead atoms. The zero-order valence-corrected chi connectivity index (χ0v) is 12.1. The Labute approximate surface area is 128 Å². The lowest BCUT2D eigenvalue weighted by molar-refractivity contribution is -0.119. The predicted molar refractivity (Wildman–Crippen MR) is 85.2 cm³/mol. The Kier molecular flexibility index (Phi) is 4.98. The van der Waals surface area contributed by atoms with Gasteiger partial charge < -0.3 is 15.5 Å². The van der Waals surface area contributed by atoms with Gasteiger partial charge in [0.15, 0.2) is 11.5 Å². The molecule has 0 aliphatic rings. The van der Waals surface area contributed by atoms with E-state index in [1.165, 1.54) is 18.3 Å². The van der Waals surface area contributed by atoms with Crippen molar-refractivity contribution < 1.29 is 15.0 Å². The topological polar surface area (TPSA) is 94.0 Å². The van der Waals surface area contributed by atoms with E-state index in [1.807, 2.05) is 31.2 Å². The van der Waals surface area contributed by atoms with Gasteiger partial charge in [0.2, 0.25) is 0 Å². The third-order valence-electron chi connectivity index (χ3n) is 2.91. The van der Waals surface area contributed by atoms with Crippen LogP contribution >= 0.6 is 0 Å². The lowest BCUT2D eigenvalue weighted by Gasteiger charge is -2.05. The third-order valence-corrected chi connectivity index (χ3v) is 2.91. The van der Waals surface area contributed by atoms with Crippen molar-refractivity contribution in [1.82, 2.24) is 5.43 Å². The summed E-state index contributed by atoms with van der Waals surface area (Å²) in [5, 5.41) is 25.3. The number of nitrogens with one attached hydrogen (secondary N) is 2. The van der Waals surface area contributed by atoms with Crippen LogP contribution < -0.4 is 10.7 Å². The van der Waals surface area contributed by atoms with Crippen LogP contribution in [-0.2, 0) is 4.79 Å². The van der Waals surface area contributed by atoms with Crippen LogP contribution in [0.15, 0.2) is 47.6 Å². The number of anilines is 1. The minimum Gasteiger partial charge on any atom is -0.504 e. The van der Waals surface area contributed by atoms with Crippen molar-refractivity contribution in [3.05, 3.63) is 53.6 Å². The molecule has 0 aliphatic carbocycles. The van der Waals surface area contributed by atoms with Gasteiger partial charge in [-0.05, 0) is 42.8 Å². The lowest BCUT2D eigenvalue weighted by Crippen LogP contribution is -2.25. The minimum absolute atomic E-state index is 0.0984. The van der Waals surface area contributed by atoms with Gasteiger partial charge in [-0.2, -0.15) is 5.10 Å². The number of hydrogen-bond acceptors (Lipinski definition) is 5. The highest BCUT2D eigenvalue weighted by Gasteiger charge is 2.00. The third kappa shape index (κ3) is 4.52. The molecule has 0 radical (unpaired) electrons. The molecular formula is C16H17N3O3. The summed E-state index contributed by atoms with van der Waals surface area (Å²) in [5.41, 5.74) is 4.93. The summed E-state index contributed by atoms with van der Waals surface area (Å²) in [6, 6.07) is 11.9. The highest BCUT2D eigenvalue weighted by Crippen LogP contribution is 2.23. The Morgan fingerprint density at radius 2 is 1.86 bits per heavy atom.